The molecule has 2 aromatic rings. The van der Waals surface area contributed by atoms with E-state index in [1.54, 1.807) is 12.5 Å². The largest absolute Gasteiger partial charge is 0.346 e. The summed E-state index contributed by atoms with van der Waals surface area (Å²) in [5.41, 5.74) is 0.138. The number of hydrogen-bond donors (Lipinski definition) is 1. The Hall–Kier alpha value is -1.95. The molecule has 0 aliphatic carbocycles. The van der Waals surface area contributed by atoms with E-state index in [9.17, 15) is 4.79 Å². The molecule has 21 heavy (non-hydrogen) atoms. The van der Waals surface area contributed by atoms with Crippen molar-refractivity contribution >= 4 is 17.5 Å². The fraction of sp³-hybridized carbons (Fsp3) is 0.429. The van der Waals surface area contributed by atoms with Crippen LogP contribution in [0, 0.1) is 5.41 Å². The van der Waals surface area contributed by atoms with E-state index < -0.39 is 0 Å². The van der Waals surface area contributed by atoms with Crippen LogP contribution in [0.3, 0.4) is 0 Å². The summed E-state index contributed by atoms with van der Waals surface area (Å²) >= 11 is 5.67. The molecule has 7 heteroatoms. The molecule has 0 saturated carbocycles. The lowest BCUT2D eigenvalue weighted by Gasteiger charge is -2.31. The van der Waals surface area contributed by atoms with Gasteiger partial charge in [0.15, 0.2) is 0 Å². The number of nitrogens with zero attached hydrogens (tertiary/aromatic N) is 4. The Morgan fingerprint density at radius 1 is 1.38 bits per heavy atom. The number of carbonyl (C=O) groups is 1. The van der Waals surface area contributed by atoms with Gasteiger partial charge in [-0.1, -0.05) is 32.4 Å². The monoisotopic (exact) mass is 307 g/mol. The molecule has 0 radical (unpaired) electrons. The number of halogens is 1. The minimum Gasteiger partial charge on any atom is -0.346 e. The smallest absolute Gasteiger partial charge is 0.271 e. The molecular weight excluding hydrogens is 290 g/mol. The van der Waals surface area contributed by atoms with Gasteiger partial charge in [-0.15, -0.1) is 0 Å². The van der Waals surface area contributed by atoms with Gasteiger partial charge in [0.25, 0.3) is 5.91 Å². The number of nitrogens with one attached hydrogen (secondary N) is 1. The van der Waals surface area contributed by atoms with Gasteiger partial charge in [0.2, 0.25) is 0 Å². The Balaban J connectivity index is 2.11. The molecule has 0 bridgehead atoms. The molecule has 2 aromatic heterocycles. The topological polar surface area (TPSA) is 72.7 Å². The number of hydrogen-bond acceptors (Lipinski definition) is 4. The van der Waals surface area contributed by atoms with Gasteiger partial charge in [-0.2, -0.15) is 0 Å². The molecule has 0 fully saturated rings. The summed E-state index contributed by atoms with van der Waals surface area (Å²) in [7, 11) is 0. The molecule has 1 N–H and O–H groups in total. The molecule has 0 aliphatic rings. The average Bonchev–Trinajstić information content (AvgIpc) is 2.90. The van der Waals surface area contributed by atoms with Crippen molar-refractivity contribution in [3.05, 3.63) is 42.0 Å². The van der Waals surface area contributed by atoms with Gasteiger partial charge in [-0.05, 0) is 5.41 Å². The van der Waals surface area contributed by atoms with Crippen LogP contribution in [0.2, 0.25) is 5.15 Å². The summed E-state index contributed by atoms with van der Waals surface area (Å²) in [5.74, 6) is -0.265. The first-order valence-electron chi connectivity index (χ1n) is 6.60. The summed E-state index contributed by atoms with van der Waals surface area (Å²) in [6, 6.07) is -0.0725. The predicted molar refractivity (Wildman–Crippen MR) is 80.0 cm³/mol. The van der Waals surface area contributed by atoms with Crippen molar-refractivity contribution in [1.82, 2.24) is 24.8 Å². The number of amides is 1. The SMILES string of the molecule is CC(C)(C)C(Cn1ccnc1)NC(=O)c1cnc(Cl)cn1. The van der Waals surface area contributed by atoms with Crippen LogP contribution in [0.5, 0.6) is 0 Å². The Kier molecular flexibility index (Phi) is 4.57. The summed E-state index contributed by atoms with van der Waals surface area (Å²) in [5, 5.41) is 3.26. The van der Waals surface area contributed by atoms with Gasteiger partial charge in [0.1, 0.15) is 10.8 Å². The lowest BCUT2D eigenvalue weighted by atomic mass is 9.86. The minimum absolute atomic E-state index is 0.0725. The van der Waals surface area contributed by atoms with Crippen LogP contribution in [0.4, 0.5) is 0 Å². The van der Waals surface area contributed by atoms with E-state index in [1.165, 1.54) is 12.4 Å². The molecule has 0 saturated heterocycles. The quantitative estimate of drug-likeness (QED) is 0.939. The molecule has 6 nitrogen and oxygen atoms in total. The van der Waals surface area contributed by atoms with Crippen LogP contribution in [-0.2, 0) is 6.54 Å². The van der Waals surface area contributed by atoms with Crippen LogP contribution in [0.1, 0.15) is 31.3 Å². The first-order chi connectivity index (χ1) is 9.86. The predicted octanol–water partition coefficient (Wildman–Crippen LogP) is 2.17. The molecule has 1 atom stereocenters. The third-order valence-electron chi connectivity index (χ3n) is 3.16. The molecule has 0 aliphatic heterocycles. The highest BCUT2D eigenvalue weighted by Crippen LogP contribution is 2.21. The van der Waals surface area contributed by atoms with Gasteiger partial charge >= 0.3 is 0 Å². The molecule has 2 heterocycles. The van der Waals surface area contributed by atoms with Crippen molar-refractivity contribution in [3.63, 3.8) is 0 Å². The van der Waals surface area contributed by atoms with Gasteiger partial charge in [-0.3, -0.25) is 4.79 Å². The molecule has 1 amide bonds. The van der Waals surface area contributed by atoms with Crippen LogP contribution in [0.25, 0.3) is 0 Å². The van der Waals surface area contributed by atoms with Gasteiger partial charge < -0.3 is 9.88 Å². The summed E-state index contributed by atoms with van der Waals surface area (Å²) in [4.78, 5) is 24.1. The second-order valence-electron chi connectivity index (χ2n) is 5.88. The molecule has 0 aromatic carbocycles. The lowest BCUT2D eigenvalue weighted by molar-refractivity contribution is 0.0887. The number of imidazole rings is 1. The maximum Gasteiger partial charge on any atom is 0.271 e. The van der Waals surface area contributed by atoms with Crippen LogP contribution in [0.15, 0.2) is 31.1 Å². The highest BCUT2D eigenvalue weighted by molar-refractivity contribution is 6.29. The Morgan fingerprint density at radius 2 is 2.14 bits per heavy atom. The normalized spacial score (nSPS) is 13.0. The highest BCUT2D eigenvalue weighted by atomic mass is 35.5. The van der Waals surface area contributed by atoms with Gasteiger partial charge in [-0.25, -0.2) is 15.0 Å². The fourth-order valence-electron chi connectivity index (χ4n) is 1.80. The molecule has 2 rings (SSSR count). The van der Waals surface area contributed by atoms with E-state index >= 15 is 0 Å². The van der Waals surface area contributed by atoms with Crippen molar-refractivity contribution in [1.29, 1.82) is 0 Å². The third-order valence-corrected chi connectivity index (χ3v) is 3.35. The zero-order chi connectivity index (χ0) is 15.5. The second-order valence-corrected chi connectivity index (χ2v) is 6.26. The van der Waals surface area contributed by atoms with Crippen molar-refractivity contribution in [2.45, 2.75) is 33.4 Å². The average molecular weight is 308 g/mol. The van der Waals surface area contributed by atoms with E-state index in [2.05, 4.69) is 41.0 Å². The highest BCUT2D eigenvalue weighted by Gasteiger charge is 2.27. The summed E-state index contributed by atoms with van der Waals surface area (Å²) < 4.78 is 1.93. The number of carbonyl (C=O) groups excluding carboxylic acids is 1. The van der Waals surface area contributed by atoms with E-state index in [-0.39, 0.29) is 28.2 Å². The Morgan fingerprint density at radius 3 is 2.67 bits per heavy atom. The van der Waals surface area contributed by atoms with Crippen LogP contribution < -0.4 is 5.32 Å². The first-order valence-corrected chi connectivity index (χ1v) is 6.98. The van der Waals surface area contributed by atoms with E-state index in [1.807, 2.05) is 10.8 Å². The van der Waals surface area contributed by atoms with Crippen molar-refractivity contribution in [3.8, 4) is 0 Å². The van der Waals surface area contributed by atoms with Crippen molar-refractivity contribution < 1.29 is 4.79 Å². The van der Waals surface area contributed by atoms with E-state index in [4.69, 9.17) is 11.6 Å². The first kappa shape index (κ1) is 15.4. The van der Waals surface area contributed by atoms with Crippen molar-refractivity contribution in [2.75, 3.05) is 0 Å². The van der Waals surface area contributed by atoms with Gasteiger partial charge in [0, 0.05) is 18.9 Å². The number of rotatable bonds is 4. The minimum atomic E-state index is -0.265. The number of aromatic nitrogens is 4. The fourth-order valence-corrected chi connectivity index (χ4v) is 1.90. The third kappa shape index (κ3) is 4.26. The zero-order valence-electron chi connectivity index (χ0n) is 12.2. The van der Waals surface area contributed by atoms with E-state index in [0.29, 0.717) is 6.54 Å². The second kappa shape index (κ2) is 6.22. The van der Waals surface area contributed by atoms with E-state index in [0.717, 1.165) is 0 Å². The van der Waals surface area contributed by atoms with Gasteiger partial charge in [0.05, 0.1) is 24.8 Å². The molecule has 112 valence electrons. The lowest BCUT2D eigenvalue weighted by Crippen LogP contribution is -2.46. The maximum absolute atomic E-state index is 12.3. The van der Waals surface area contributed by atoms with Crippen molar-refractivity contribution in [2.24, 2.45) is 5.41 Å². The molecule has 0 spiro atoms. The Labute approximate surface area is 128 Å². The summed E-state index contributed by atoms with van der Waals surface area (Å²) in [6.45, 7) is 6.85. The summed E-state index contributed by atoms with van der Waals surface area (Å²) in [6.07, 6.45) is 8.04. The zero-order valence-corrected chi connectivity index (χ0v) is 13.0. The van der Waals surface area contributed by atoms with Crippen LogP contribution >= 0.6 is 11.6 Å². The van der Waals surface area contributed by atoms with Crippen LogP contribution in [-0.4, -0.2) is 31.5 Å². The maximum atomic E-state index is 12.3. The standard InChI is InChI=1S/C14H18ClN5O/c1-14(2,3)11(8-20-5-4-16-9-20)19-13(21)10-6-18-12(15)7-17-10/h4-7,9,11H,8H2,1-3H3,(H,19,21). The molecular formula is C14H18ClN5O. The Bertz CT molecular complexity index is 589. The molecule has 1 unspecified atom stereocenters.